The monoisotopic (exact) mass is 312 g/mol. The Hall–Kier alpha value is 0.350. The maximum atomic E-state index is 12.2. The molecule has 0 aromatic carbocycles. The van der Waals surface area contributed by atoms with E-state index in [1.807, 2.05) is 0 Å². The zero-order chi connectivity index (χ0) is 12.4. The first-order valence-corrected chi connectivity index (χ1v) is 8.13. The number of hydrogen-bond donors (Lipinski definition) is 0. The first-order valence-electron chi connectivity index (χ1n) is 5.57. The molecule has 0 aromatic heterocycles. The van der Waals surface area contributed by atoms with Crippen LogP contribution < -0.4 is 0 Å². The van der Waals surface area contributed by atoms with Crippen molar-refractivity contribution < 1.29 is 8.42 Å². The van der Waals surface area contributed by atoms with Gasteiger partial charge in [0, 0.05) is 38.1 Å². The van der Waals surface area contributed by atoms with Crippen molar-refractivity contribution in [2.75, 3.05) is 38.1 Å². The molecule has 0 bridgehead atoms. The topological polar surface area (TPSA) is 40.6 Å². The van der Waals surface area contributed by atoms with Gasteiger partial charge in [0.1, 0.15) is 0 Å². The maximum Gasteiger partial charge on any atom is 0.219 e. The third-order valence-electron chi connectivity index (χ3n) is 2.85. The minimum Gasteiger partial charge on any atom is -0.300 e. The molecule has 96 valence electrons. The molecule has 0 aliphatic carbocycles. The van der Waals surface area contributed by atoms with Gasteiger partial charge in [-0.2, -0.15) is 4.31 Å². The van der Waals surface area contributed by atoms with Crippen molar-refractivity contribution in [2.45, 2.75) is 25.5 Å². The van der Waals surface area contributed by atoms with E-state index in [0.717, 1.165) is 25.0 Å². The highest BCUT2D eigenvalue weighted by atomic mass is 79.9. The second kappa shape index (κ2) is 5.33. The van der Waals surface area contributed by atoms with Crippen LogP contribution in [0.4, 0.5) is 0 Å². The van der Waals surface area contributed by atoms with Gasteiger partial charge in [0.15, 0.2) is 0 Å². The van der Waals surface area contributed by atoms with Gasteiger partial charge in [-0.05, 0) is 20.8 Å². The van der Waals surface area contributed by atoms with Gasteiger partial charge in [-0.15, -0.1) is 0 Å². The van der Waals surface area contributed by atoms with Crippen molar-refractivity contribution in [1.82, 2.24) is 9.21 Å². The Bertz CT molecular complexity index is 316. The van der Waals surface area contributed by atoms with Crippen LogP contribution in [0.25, 0.3) is 0 Å². The van der Waals surface area contributed by atoms with E-state index in [-0.39, 0.29) is 0 Å². The van der Waals surface area contributed by atoms with Crippen LogP contribution in [0.15, 0.2) is 0 Å². The summed E-state index contributed by atoms with van der Waals surface area (Å²) in [6.45, 7) is 9.16. The molecule has 1 saturated heterocycles. The molecular formula is C10H21BrN2O2S. The molecule has 16 heavy (non-hydrogen) atoms. The molecule has 1 aliphatic heterocycles. The maximum absolute atomic E-state index is 12.2. The van der Waals surface area contributed by atoms with Gasteiger partial charge in [-0.3, -0.25) is 4.90 Å². The normalized spacial score (nSPS) is 21.2. The van der Waals surface area contributed by atoms with Crippen molar-refractivity contribution >= 4 is 26.0 Å². The summed E-state index contributed by atoms with van der Waals surface area (Å²) in [6, 6.07) is 0. The third-order valence-corrected chi connectivity index (χ3v) is 5.79. The molecule has 0 unspecified atom stereocenters. The second-order valence-corrected chi connectivity index (χ2v) is 8.53. The molecule has 1 fully saturated rings. The van der Waals surface area contributed by atoms with E-state index in [2.05, 4.69) is 20.8 Å². The molecule has 6 heteroatoms. The number of halogens is 1. The lowest BCUT2D eigenvalue weighted by Crippen LogP contribution is -2.53. The van der Waals surface area contributed by atoms with Crippen LogP contribution in [0, 0.1) is 0 Å². The first-order chi connectivity index (χ1) is 7.29. The minimum atomic E-state index is -3.14. The van der Waals surface area contributed by atoms with Crippen LogP contribution >= 0.6 is 15.9 Å². The average Bonchev–Trinajstić information content (AvgIpc) is 2.17. The summed E-state index contributed by atoms with van der Waals surface area (Å²) in [4.78, 5) is 2.28. The van der Waals surface area contributed by atoms with Crippen LogP contribution in [-0.2, 0) is 10.0 Å². The Kier molecular flexibility index (Phi) is 4.80. The SMILES string of the molecule is CC(C)(C)S(=O)(=O)N1CCN(CCBr)CC1. The number of sulfonamides is 1. The largest absolute Gasteiger partial charge is 0.300 e. The molecule has 4 nitrogen and oxygen atoms in total. The van der Waals surface area contributed by atoms with Crippen molar-refractivity contribution in [3.05, 3.63) is 0 Å². The Balaban J connectivity index is 2.61. The molecule has 0 saturated carbocycles. The van der Waals surface area contributed by atoms with E-state index in [1.165, 1.54) is 0 Å². The Labute approximate surface area is 107 Å². The zero-order valence-electron chi connectivity index (χ0n) is 10.2. The number of hydrogen-bond acceptors (Lipinski definition) is 3. The second-order valence-electron chi connectivity index (χ2n) is 5.05. The number of nitrogens with zero attached hydrogens (tertiary/aromatic N) is 2. The standard InChI is InChI=1S/C10H21BrN2O2S/c1-10(2,3)16(14,15)13-8-6-12(5-4-11)7-9-13/h4-9H2,1-3H3. The molecule has 1 rings (SSSR count). The van der Waals surface area contributed by atoms with Gasteiger partial charge in [-0.1, -0.05) is 15.9 Å². The number of piperazine rings is 1. The van der Waals surface area contributed by atoms with Crippen molar-refractivity contribution in [1.29, 1.82) is 0 Å². The molecular weight excluding hydrogens is 292 g/mol. The molecule has 0 amide bonds. The predicted molar refractivity (Wildman–Crippen MR) is 70.5 cm³/mol. The van der Waals surface area contributed by atoms with E-state index in [0.29, 0.717) is 13.1 Å². The summed E-state index contributed by atoms with van der Waals surface area (Å²) in [5.74, 6) is 0. The fourth-order valence-corrected chi connectivity index (χ4v) is 3.62. The fraction of sp³-hybridized carbons (Fsp3) is 1.00. The quantitative estimate of drug-likeness (QED) is 0.733. The lowest BCUT2D eigenvalue weighted by molar-refractivity contribution is 0.196. The summed E-state index contributed by atoms with van der Waals surface area (Å²) in [5.41, 5.74) is 0. The number of alkyl halides is 1. The highest BCUT2D eigenvalue weighted by Crippen LogP contribution is 2.21. The highest BCUT2D eigenvalue weighted by Gasteiger charge is 2.36. The van der Waals surface area contributed by atoms with Gasteiger partial charge >= 0.3 is 0 Å². The van der Waals surface area contributed by atoms with Crippen LogP contribution in [0.3, 0.4) is 0 Å². The van der Waals surface area contributed by atoms with Gasteiger partial charge < -0.3 is 0 Å². The third kappa shape index (κ3) is 3.18. The van der Waals surface area contributed by atoms with Gasteiger partial charge in [0.05, 0.1) is 4.75 Å². The summed E-state index contributed by atoms with van der Waals surface area (Å²) in [6.07, 6.45) is 0. The van der Waals surface area contributed by atoms with Gasteiger partial charge in [0.2, 0.25) is 10.0 Å². The van der Waals surface area contributed by atoms with Crippen molar-refractivity contribution in [3.8, 4) is 0 Å². The van der Waals surface area contributed by atoms with Crippen molar-refractivity contribution in [3.63, 3.8) is 0 Å². The smallest absolute Gasteiger partial charge is 0.219 e. The Morgan fingerprint density at radius 2 is 1.62 bits per heavy atom. The fourth-order valence-electron chi connectivity index (χ4n) is 1.70. The minimum absolute atomic E-state index is 0.618. The first kappa shape index (κ1) is 14.4. The summed E-state index contributed by atoms with van der Waals surface area (Å²) < 4.78 is 25.3. The van der Waals surface area contributed by atoms with E-state index >= 15 is 0 Å². The van der Waals surface area contributed by atoms with Gasteiger partial charge in [-0.25, -0.2) is 8.42 Å². The Morgan fingerprint density at radius 1 is 1.12 bits per heavy atom. The average molecular weight is 313 g/mol. The lowest BCUT2D eigenvalue weighted by atomic mass is 10.3. The zero-order valence-corrected chi connectivity index (χ0v) is 12.6. The molecule has 0 radical (unpaired) electrons. The molecule has 1 heterocycles. The Morgan fingerprint density at radius 3 is 2.00 bits per heavy atom. The molecule has 0 N–H and O–H groups in total. The van der Waals surface area contributed by atoms with Crippen LogP contribution in [0.1, 0.15) is 20.8 Å². The van der Waals surface area contributed by atoms with Crippen LogP contribution in [0.2, 0.25) is 0 Å². The molecule has 0 spiro atoms. The highest BCUT2D eigenvalue weighted by molar-refractivity contribution is 9.09. The predicted octanol–water partition coefficient (Wildman–Crippen LogP) is 1.13. The summed E-state index contributed by atoms with van der Waals surface area (Å²) in [7, 11) is -3.14. The van der Waals surface area contributed by atoms with E-state index < -0.39 is 14.8 Å². The van der Waals surface area contributed by atoms with E-state index in [4.69, 9.17) is 0 Å². The van der Waals surface area contributed by atoms with Gasteiger partial charge in [0.25, 0.3) is 0 Å². The summed E-state index contributed by atoms with van der Waals surface area (Å²) in [5, 5.41) is 0.943. The van der Waals surface area contributed by atoms with Crippen molar-refractivity contribution in [2.24, 2.45) is 0 Å². The van der Waals surface area contributed by atoms with Crippen LogP contribution in [-0.4, -0.2) is 60.4 Å². The van der Waals surface area contributed by atoms with E-state index in [9.17, 15) is 8.42 Å². The molecule has 0 atom stereocenters. The number of rotatable bonds is 3. The molecule has 1 aliphatic rings. The van der Waals surface area contributed by atoms with E-state index in [1.54, 1.807) is 25.1 Å². The summed E-state index contributed by atoms with van der Waals surface area (Å²) >= 11 is 3.40. The lowest BCUT2D eigenvalue weighted by Gasteiger charge is -2.37. The molecule has 0 aromatic rings. The van der Waals surface area contributed by atoms with Crippen LogP contribution in [0.5, 0.6) is 0 Å².